The average Bonchev–Trinajstić information content (AvgIpc) is 2.51. The van der Waals surface area contributed by atoms with Crippen LogP contribution in [0.25, 0.3) is 0 Å². The summed E-state index contributed by atoms with van der Waals surface area (Å²) in [6.45, 7) is 2.37. The molecule has 0 amide bonds. The van der Waals surface area contributed by atoms with E-state index in [0.29, 0.717) is 23.4 Å². The van der Waals surface area contributed by atoms with Gasteiger partial charge in [0.05, 0.1) is 25.3 Å². The molecule has 108 valence electrons. The number of aromatic nitrogens is 2. The number of hydrogen-bond acceptors (Lipinski definition) is 4. The van der Waals surface area contributed by atoms with Crippen LogP contribution in [0.4, 0.5) is 0 Å². The van der Waals surface area contributed by atoms with E-state index in [0.717, 1.165) is 4.57 Å². The summed E-state index contributed by atoms with van der Waals surface area (Å²) in [6, 6.07) is 8.28. The molecule has 0 aliphatic carbocycles. The van der Waals surface area contributed by atoms with E-state index in [4.69, 9.17) is 10.00 Å². The quantitative estimate of drug-likeness (QED) is 0.838. The van der Waals surface area contributed by atoms with Crippen LogP contribution < -0.4 is 16.0 Å². The number of nitriles is 1. The predicted octanol–water partition coefficient (Wildman–Crippen LogP) is 0.958. The van der Waals surface area contributed by atoms with Crippen LogP contribution >= 0.6 is 0 Å². The average molecular weight is 285 g/mol. The van der Waals surface area contributed by atoms with Gasteiger partial charge in [-0.25, -0.2) is 4.79 Å². The molecular weight excluding hydrogens is 270 g/mol. The Morgan fingerprint density at radius 1 is 1.29 bits per heavy atom. The number of rotatable bonds is 4. The molecule has 6 nitrogen and oxygen atoms in total. The Bertz CT molecular complexity index is 812. The summed E-state index contributed by atoms with van der Waals surface area (Å²) in [4.78, 5) is 24.1. The number of ether oxygens (including phenoxy) is 1. The van der Waals surface area contributed by atoms with Gasteiger partial charge in [0.2, 0.25) is 0 Å². The lowest BCUT2D eigenvalue weighted by Gasteiger charge is -2.11. The van der Waals surface area contributed by atoms with Gasteiger partial charge < -0.3 is 9.30 Å². The maximum atomic E-state index is 12.2. The van der Waals surface area contributed by atoms with E-state index in [-0.39, 0.29) is 17.8 Å². The molecule has 2 aromatic rings. The van der Waals surface area contributed by atoms with Crippen LogP contribution in [0.1, 0.15) is 18.1 Å². The summed E-state index contributed by atoms with van der Waals surface area (Å²) in [6.07, 6.45) is 1.48. The molecule has 2 rings (SSSR count). The maximum Gasteiger partial charge on any atom is 0.331 e. The number of benzene rings is 1. The van der Waals surface area contributed by atoms with E-state index in [1.54, 1.807) is 18.2 Å². The molecule has 0 spiro atoms. The van der Waals surface area contributed by atoms with E-state index in [1.165, 1.54) is 23.9 Å². The Balaban J connectivity index is 2.55. The summed E-state index contributed by atoms with van der Waals surface area (Å²) in [5.74, 6) is 0.534. The van der Waals surface area contributed by atoms with Crippen LogP contribution in [-0.4, -0.2) is 16.2 Å². The normalized spacial score (nSPS) is 10.1. The molecule has 0 aliphatic heterocycles. The molecule has 21 heavy (non-hydrogen) atoms. The highest BCUT2D eigenvalue weighted by molar-refractivity contribution is 5.42. The molecule has 0 atom stereocenters. The third kappa shape index (κ3) is 2.87. The largest absolute Gasteiger partial charge is 0.496 e. The minimum atomic E-state index is -0.380. The van der Waals surface area contributed by atoms with Crippen molar-refractivity contribution in [1.29, 1.82) is 5.26 Å². The lowest BCUT2D eigenvalue weighted by molar-refractivity contribution is 0.407. The van der Waals surface area contributed by atoms with Crippen LogP contribution in [0.5, 0.6) is 5.75 Å². The van der Waals surface area contributed by atoms with Crippen molar-refractivity contribution < 1.29 is 4.74 Å². The second-order valence-corrected chi connectivity index (χ2v) is 4.45. The zero-order valence-electron chi connectivity index (χ0n) is 11.9. The highest BCUT2D eigenvalue weighted by atomic mass is 16.5. The SMILES string of the molecule is CCn1ccc(=O)n(Cc2cc(C#N)ccc2OC)c1=O. The lowest BCUT2D eigenvalue weighted by atomic mass is 10.1. The van der Waals surface area contributed by atoms with Gasteiger partial charge in [-0.05, 0) is 25.1 Å². The molecule has 1 aromatic carbocycles. The summed E-state index contributed by atoms with van der Waals surface area (Å²) in [5, 5.41) is 8.96. The lowest BCUT2D eigenvalue weighted by Crippen LogP contribution is -2.39. The van der Waals surface area contributed by atoms with Crippen LogP contribution in [0.2, 0.25) is 0 Å². The zero-order valence-corrected chi connectivity index (χ0v) is 11.9. The van der Waals surface area contributed by atoms with Gasteiger partial charge in [0, 0.05) is 24.4 Å². The number of nitrogens with zero attached hydrogens (tertiary/aromatic N) is 3. The standard InChI is InChI=1S/C15H15N3O3/c1-3-17-7-6-14(19)18(15(17)20)10-12-8-11(9-16)4-5-13(12)21-2/h4-8H,3,10H2,1-2H3. The third-order valence-corrected chi connectivity index (χ3v) is 3.22. The van der Waals surface area contributed by atoms with Crippen molar-refractivity contribution in [3.05, 3.63) is 62.4 Å². The van der Waals surface area contributed by atoms with Crippen LogP contribution in [0.15, 0.2) is 40.1 Å². The highest BCUT2D eigenvalue weighted by Gasteiger charge is 2.10. The van der Waals surface area contributed by atoms with Crippen molar-refractivity contribution in [3.63, 3.8) is 0 Å². The molecule has 0 radical (unpaired) electrons. The molecule has 1 heterocycles. The van der Waals surface area contributed by atoms with Crippen molar-refractivity contribution in [1.82, 2.24) is 9.13 Å². The van der Waals surface area contributed by atoms with Gasteiger partial charge in [-0.3, -0.25) is 9.36 Å². The van der Waals surface area contributed by atoms with Gasteiger partial charge >= 0.3 is 5.69 Å². The van der Waals surface area contributed by atoms with Gasteiger partial charge in [0.1, 0.15) is 5.75 Å². The van der Waals surface area contributed by atoms with Gasteiger partial charge in [-0.15, -0.1) is 0 Å². The second-order valence-electron chi connectivity index (χ2n) is 4.45. The van der Waals surface area contributed by atoms with E-state index in [2.05, 4.69) is 0 Å². The number of hydrogen-bond donors (Lipinski definition) is 0. The first kappa shape index (κ1) is 14.6. The van der Waals surface area contributed by atoms with Crippen LogP contribution in [0, 0.1) is 11.3 Å². The minimum absolute atomic E-state index is 0.0667. The molecule has 0 unspecified atom stereocenters. The Labute approximate surface area is 121 Å². The fourth-order valence-electron chi connectivity index (χ4n) is 2.09. The monoisotopic (exact) mass is 285 g/mol. The first-order valence-corrected chi connectivity index (χ1v) is 6.48. The molecule has 0 fully saturated rings. The fourth-order valence-corrected chi connectivity index (χ4v) is 2.09. The van der Waals surface area contributed by atoms with Crippen molar-refractivity contribution in [2.24, 2.45) is 0 Å². The second kappa shape index (κ2) is 6.09. The molecule has 0 saturated carbocycles. The van der Waals surface area contributed by atoms with Crippen LogP contribution in [-0.2, 0) is 13.1 Å². The molecule has 0 bridgehead atoms. The van der Waals surface area contributed by atoms with Crippen molar-refractivity contribution >= 4 is 0 Å². The van der Waals surface area contributed by atoms with Gasteiger partial charge in [0.25, 0.3) is 5.56 Å². The van der Waals surface area contributed by atoms with Gasteiger partial charge in [0.15, 0.2) is 0 Å². The molecule has 6 heteroatoms. The first-order valence-electron chi connectivity index (χ1n) is 6.48. The molecule has 0 saturated heterocycles. The molecule has 0 aliphatic rings. The summed E-state index contributed by atoms with van der Waals surface area (Å²) in [7, 11) is 1.50. The van der Waals surface area contributed by atoms with Gasteiger partial charge in [-0.1, -0.05) is 0 Å². The Hall–Kier alpha value is -2.81. The van der Waals surface area contributed by atoms with Gasteiger partial charge in [-0.2, -0.15) is 5.26 Å². The van der Waals surface area contributed by atoms with E-state index in [1.807, 2.05) is 13.0 Å². The maximum absolute atomic E-state index is 12.2. The summed E-state index contributed by atoms with van der Waals surface area (Å²) < 4.78 is 7.79. The molecule has 0 N–H and O–H groups in total. The van der Waals surface area contributed by atoms with Crippen molar-refractivity contribution in [2.75, 3.05) is 7.11 Å². The number of aryl methyl sites for hydroxylation is 1. The predicted molar refractivity (Wildman–Crippen MR) is 77.4 cm³/mol. The highest BCUT2D eigenvalue weighted by Crippen LogP contribution is 2.19. The topological polar surface area (TPSA) is 77.0 Å². The number of methoxy groups -OCH3 is 1. The summed E-state index contributed by atoms with van der Waals surface area (Å²) in [5.41, 5.74) is 0.304. The zero-order chi connectivity index (χ0) is 15.4. The fraction of sp³-hybridized carbons (Fsp3) is 0.267. The van der Waals surface area contributed by atoms with E-state index < -0.39 is 0 Å². The summed E-state index contributed by atoms with van der Waals surface area (Å²) >= 11 is 0. The van der Waals surface area contributed by atoms with Crippen molar-refractivity contribution in [2.45, 2.75) is 20.0 Å². The molecule has 1 aromatic heterocycles. The third-order valence-electron chi connectivity index (χ3n) is 3.22. The van der Waals surface area contributed by atoms with Crippen molar-refractivity contribution in [3.8, 4) is 11.8 Å². The van der Waals surface area contributed by atoms with Crippen LogP contribution in [0.3, 0.4) is 0 Å². The molecular formula is C15H15N3O3. The smallest absolute Gasteiger partial charge is 0.331 e. The first-order chi connectivity index (χ1) is 10.1. The Morgan fingerprint density at radius 2 is 2.05 bits per heavy atom. The Kier molecular flexibility index (Phi) is 4.24. The minimum Gasteiger partial charge on any atom is -0.496 e. The van der Waals surface area contributed by atoms with E-state index >= 15 is 0 Å². The Morgan fingerprint density at radius 3 is 2.67 bits per heavy atom. The van der Waals surface area contributed by atoms with E-state index in [9.17, 15) is 9.59 Å².